The van der Waals surface area contributed by atoms with Crippen molar-refractivity contribution in [3.63, 3.8) is 0 Å². The summed E-state index contributed by atoms with van der Waals surface area (Å²) in [5.41, 5.74) is 10.2. The fourth-order valence-corrected chi connectivity index (χ4v) is 3.25. The van der Waals surface area contributed by atoms with Gasteiger partial charge in [0.25, 0.3) is 0 Å². The Bertz CT molecular complexity index is 440. The molecule has 3 heteroatoms. The summed E-state index contributed by atoms with van der Waals surface area (Å²) in [5.74, 6) is 0.753. The van der Waals surface area contributed by atoms with Crippen molar-refractivity contribution in [2.45, 2.75) is 45.6 Å². The molecule has 0 spiro atoms. The summed E-state index contributed by atoms with van der Waals surface area (Å²) in [6.45, 7) is 7.42. The molecule has 118 valence electrons. The maximum Gasteiger partial charge on any atom is 0.0444 e. The van der Waals surface area contributed by atoms with Gasteiger partial charge in [0.15, 0.2) is 0 Å². The molecule has 0 fully saturated rings. The van der Waals surface area contributed by atoms with Gasteiger partial charge < -0.3 is 16.0 Å². The van der Waals surface area contributed by atoms with E-state index in [1.807, 2.05) is 0 Å². The van der Waals surface area contributed by atoms with Crippen LogP contribution in [-0.2, 0) is 6.42 Å². The summed E-state index contributed by atoms with van der Waals surface area (Å²) in [7, 11) is 2.18. The fraction of sp³-hybridized carbons (Fsp3) is 0.667. The lowest BCUT2D eigenvalue weighted by Gasteiger charge is -2.29. The Kier molecular flexibility index (Phi) is 6.07. The van der Waals surface area contributed by atoms with Crippen LogP contribution in [0.2, 0.25) is 0 Å². The Morgan fingerprint density at radius 3 is 2.71 bits per heavy atom. The van der Waals surface area contributed by atoms with Gasteiger partial charge in [0.1, 0.15) is 0 Å². The summed E-state index contributed by atoms with van der Waals surface area (Å²) in [6, 6.07) is 7.16. The van der Waals surface area contributed by atoms with Gasteiger partial charge in [0, 0.05) is 31.9 Å². The Labute approximate surface area is 129 Å². The molecule has 0 bridgehead atoms. The van der Waals surface area contributed by atoms with E-state index in [4.69, 9.17) is 5.73 Å². The first kappa shape index (κ1) is 16.3. The van der Waals surface area contributed by atoms with Gasteiger partial charge in [0.2, 0.25) is 0 Å². The molecule has 0 saturated carbocycles. The van der Waals surface area contributed by atoms with E-state index in [-0.39, 0.29) is 6.04 Å². The molecule has 2 rings (SSSR count). The maximum absolute atomic E-state index is 6.00. The van der Waals surface area contributed by atoms with Crippen molar-refractivity contribution in [1.82, 2.24) is 5.32 Å². The number of fused-ring (bicyclic) bond motifs is 1. The van der Waals surface area contributed by atoms with E-state index < -0.39 is 0 Å². The molecule has 0 amide bonds. The maximum atomic E-state index is 6.00. The largest absolute Gasteiger partial charge is 0.374 e. The second-order valence-corrected chi connectivity index (χ2v) is 6.29. The van der Waals surface area contributed by atoms with Crippen LogP contribution in [-0.4, -0.2) is 26.7 Å². The number of aryl methyl sites for hydroxylation is 1. The highest BCUT2D eigenvalue weighted by atomic mass is 15.1. The molecule has 1 heterocycles. The Hall–Kier alpha value is -1.06. The second-order valence-electron chi connectivity index (χ2n) is 6.29. The van der Waals surface area contributed by atoms with Crippen LogP contribution in [0.5, 0.6) is 0 Å². The number of hydrogen-bond acceptors (Lipinski definition) is 3. The summed E-state index contributed by atoms with van der Waals surface area (Å²) >= 11 is 0. The standard InChI is InChI=1S/C18H31N3/c1-4-14(5-2)13-20-17(12-19)15-8-9-18-16(11-15)7-6-10-21(18)3/h8-9,11,14,17,20H,4-7,10,12-13,19H2,1-3H3. The topological polar surface area (TPSA) is 41.3 Å². The van der Waals surface area contributed by atoms with E-state index in [9.17, 15) is 0 Å². The van der Waals surface area contributed by atoms with Crippen LogP contribution in [0.4, 0.5) is 5.69 Å². The second kappa shape index (κ2) is 7.81. The number of benzene rings is 1. The highest BCUT2D eigenvalue weighted by Gasteiger charge is 2.17. The average Bonchev–Trinajstić information content (AvgIpc) is 2.52. The zero-order valence-corrected chi connectivity index (χ0v) is 13.9. The normalized spacial score (nSPS) is 16.1. The molecule has 0 aromatic heterocycles. The van der Waals surface area contributed by atoms with Crippen molar-refractivity contribution in [1.29, 1.82) is 0 Å². The van der Waals surface area contributed by atoms with E-state index in [0.29, 0.717) is 6.54 Å². The molecule has 0 saturated heterocycles. The SMILES string of the molecule is CCC(CC)CNC(CN)c1ccc2c(c1)CCCN2C. The Balaban J connectivity index is 2.08. The van der Waals surface area contributed by atoms with E-state index in [1.54, 1.807) is 0 Å². The minimum atomic E-state index is 0.281. The first-order chi connectivity index (χ1) is 10.2. The van der Waals surface area contributed by atoms with Crippen molar-refractivity contribution in [2.75, 3.05) is 31.6 Å². The molecule has 1 aromatic carbocycles. The molecule has 1 unspecified atom stereocenters. The minimum Gasteiger partial charge on any atom is -0.374 e. The summed E-state index contributed by atoms with van der Waals surface area (Å²) < 4.78 is 0. The van der Waals surface area contributed by atoms with Gasteiger partial charge >= 0.3 is 0 Å². The van der Waals surface area contributed by atoms with Crippen molar-refractivity contribution >= 4 is 5.69 Å². The van der Waals surface area contributed by atoms with E-state index in [2.05, 4.69) is 49.3 Å². The summed E-state index contributed by atoms with van der Waals surface area (Å²) in [4.78, 5) is 2.36. The van der Waals surface area contributed by atoms with Gasteiger partial charge in [-0.25, -0.2) is 0 Å². The van der Waals surface area contributed by atoms with Gasteiger partial charge in [-0.3, -0.25) is 0 Å². The molecule has 3 N–H and O–H groups in total. The fourth-order valence-electron chi connectivity index (χ4n) is 3.25. The highest BCUT2D eigenvalue weighted by molar-refractivity contribution is 5.56. The van der Waals surface area contributed by atoms with Crippen LogP contribution < -0.4 is 16.0 Å². The van der Waals surface area contributed by atoms with Gasteiger partial charge in [0.05, 0.1) is 0 Å². The van der Waals surface area contributed by atoms with Gasteiger partial charge in [-0.1, -0.05) is 38.8 Å². The third-order valence-corrected chi connectivity index (χ3v) is 4.90. The van der Waals surface area contributed by atoms with Crippen LogP contribution >= 0.6 is 0 Å². The average molecular weight is 289 g/mol. The van der Waals surface area contributed by atoms with Crippen LogP contribution in [0.15, 0.2) is 18.2 Å². The lowest BCUT2D eigenvalue weighted by atomic mass is 9.96. The highest BCUT2D eigenvalue weighted by Crippen LogP contribution is 2.28. The molecular formula is C18H31N3. The molecular weight excluding hydrogens is 258 g/mol. The van der Waals surface area contributed by atoms with Crippen LogP contribution in [0.3, 0.4) is 0 Å². The number of rotatable bonds is 7. The lowest BCUT2D eigenvalue weighted by molar-refractivity contribution is 0.414. The van der Waals surface area contributed by atoms with E-state index in [0.717, 1.165) is 12.5 Å². The van der Waals surface area contributed by atoms with Crippen molar-refractivity contribution in [3.05, 3.63) is 29.3 Å². The molecule has 1 atom stereocenters. The Morgan fingerprint density at radius 2 is 2.05 bits per heavy atom. The van der Waals surface area contributed by atoms with Crippen LogP contribution in [0.25, 0.3) is 0 Å². The van der Waals surface area contributed by atoms with E-state index >= 15 is 0 Å². The first-order valence-corrected chi connectivity index (χ1v) is 8.46. The molecule has 0 aliphatic carbocycles. The Morgan fingerprint density at radius 1 is 1.29 bits per heavy atom. The number of hydrogen-bond donors (Lipinski definition) is 2. The number of nitrogens with one attached hydrogen (secondary N) is 1. The quantitative estimate of drug-likeness (QED) is 0.810. The van der Waals surface area contributed by atoms with Gasteiger partial charge in [-0.15, -0.1) is 0 Å². The molecule has 1 aliphatic heterocycles. The minimum absolute atomic E-state index is 0.281. The van der Waals surface area contributed by atoms with Crippen LogP contribution in [0.1, 0.15) is 50.3 Å². The molecule has 0 radical (unpaired) electrons. The van der Waals surface area contributed by atoms with Crippen LogP contribution in [0, 0.1) is 5.92 Å². The third-order valence-electron chi connectivity index (χ3n) is 4.90. The zero-order chi connectivity index (χ0) is 15.2. The smallest absolute Gasteiger partial charge is 0.0444 e. The summed E-state index contributed by atoms with van der Waals surface area (Å²) in [6.07, 6.45) is 4.91. The zero-order valence-electron chi connectivity index (χ0n) is 13.9. The number of nitrogens with zero attached hydrogens (tertiary/aromatic N) is 1. The molecule has 21 heavy (non-hydrogen) atoms. The molecule has 3 nitrogen and oxygen atoms in total. The predicted octanol–water partition coefficient (Wildman–Crippen LogP) is 3.09. The van der Waals surface area contributed by atoms with Crippen molar-refractivity contribution in [3.8, 4) is 0 Å². The predicted molar refractivity (Wildman–Crippen MR) is 91.9 cm³/mol. The molecule has 1 aliphatic rings. The van der Waals surface area contributed by atoms with Crippen molar-refractivity contribution < 1.29 is 0 Å². The summed E-state index contributed by atoms with van der Waals surface area (Å²) in [5, 5.41) is 3.67. The van der Waals surface area contributed by atoms with Gasteiger partial charge in [-0.05, 0) is 42.5 Å². The number of anilines is 1. The number of nitrogens with two attached hydrogens (primary N) is 1. The monoisotopic (exact) mass is 289 g/mol. The van der Waals surface area contributed by atoms with Crippen molar-refractivity contribution in [2.24, 2.45) is 11.7 Å². The molecule has 1 aromatic rings. The third kappa shape index (κ3) is 3.98. The lowest BCUT2D eigenvalue weighted by Crippen LogP contribution is -2.32. The first-order valence-electron chi connectivity index (χ1n) is 8.46. The van der Waals surface area contributed by atoms with Gasteiger partial charge in [-0.2, -0.15) is 0 Å². The van der Waals surface area contributed by atoms with E-state index in [1.165, 1.54) is 49.0 Å².